The average Bonchev–Trinajstić information content (AvgIpc) is 2.53. The van der Waals surface area contributed by atoms with Crippen LogP contribution in [0.4, 0.5) is 0 Å². The molecule has 2 rings (SSSR count). The van der Waals surface area contributed by atoms with Crippen molar-refractivity contribution in [2.45, 2.75) is 72.6 Å². The molecule has 0 saturated heterocycles. The van der Waals surface area contributed by atoms with Crippen molar-refractivity contribution in [2.75, 3.05) is 0 Å². The van der Waals surface area contributed by atoms with Gasteiger partial charge in [-0.3, -0.25) is 0 Å². The molecule has 27 heavy (non-hydrogen) atoms. The van der Waals surface area contributed by atoms with Gasteiger partial charge in [-0.05, 0) is 51.8 Å². The van der Waals surface area contributed by atoms with Crippen molar-refractivity contribution >= 4 is 5.57 Å². The highest BCUT2D eigenvalue weighted by molar-refractivity contribution is 5.80. The first-order valence-corrected chi connectivity index (χ1v) is 9.69. The fraction of sp³-hybridized carbons (Fsp3) is 0.440. The first kappa shape index (κ1) is 22.8. The van der Waals surface area contributed by atoms with Gasteiger partial charge in [-0.1, -0.05) is 80.5 Å². The van der Waals surface area contributed by atoms with Gasteiger partial charge in [-0.25, -0.2) is 0 Å². The number of benzene rings is 2. The number of phenolic OH excluding ortho intramolecular Hbond substituents is 2. The number of aromatic hydroxyl groups is 2. The molecule has 0 fully saturated rings. The van der Waals surface area contributed by atoms with Crippen LogP contribution in [0.25, 0.3) is 5.57 Å². The molecule has 0 saturated carbocycles. The molecule has 2 aromatic carbocycles. The van der Waals surface area contributed by atoms with E-state index in [4.69, 9.17) is 0 Å². The Hall–Kier alpha value is -2.22. The van der Waals surface area contributed by atoms with Crippen LogP contribution in [-0.2, 0) is 10.8 Å². The summed E-state index contributed by atoms with van der Waals surface area (Å²) in [6.45, 7) is 21.1. The van der Waals surface area contributed by atoms with Crippen molar-refractivity contribution in [3.63, 3.8) is 0 Å². The lowest BCUT2D eigenvalue weighted by molar-refractivity contribution is 0.423. The third kappa shape index (κ3) is 5.89. The maximum atomic E-state index is 10.8. The van der Waals surface area contributed by atoms with Crippen molar-refractivity contribution in [2.24, 2.45) is 0 Å². The largest absolute Gasteiger partial charge is 0.508 e. The Morgan fingerprint density at radius 3 is 1.48 bits per heavy atom. The molecule has 0 bridgehead atoms. The van der Waals surface area contributed by atoms with Crippen LogP contribution >= 0.6 is 0 Å². The quantitative estimate of drug-likeness (QED) is 0.590. The molecule has 0 unspecified atom stereocenters. The summed E-state index contributed by atoms with van der Waals surface area (Å²) in [5.74, 6) is 0.611. The van der Waals surface area contributed by atoms with Gasteiger partial charge in [0.05, 0.1) is 0 Å². The van der Waals surface area contributed by atoms with Gasteiger partial charge in [0.2, 0.25) is 0 Å². The van der Waals surface area contributed by atoms with E-state index in [-0.39, 0.29) is 16.6 Å². The number of phenols is 2. The van der Waals surface area contributed by atoms with Gasteiger partial charge in [-0.15, -0.1) is 0 Å². The number of rotatable bonds is 2. The zero-order chi connectivity index (χ0) is 21.0. The maximum Gasteiger partial charge on any atom is 0.123 e. The van der Waals surface area contributed by atoms with Crippen LogP contribution in [-0.4, -0.2) is 10.2 Å². The SMILES string of the molecule is C=C(c1ccc(O)cc1)c1cc(C(C)(C)C)c(O)c(C(C)(C)C)c1.CCC. The monoisotopic (exact) mass is 368 g/mol. The van der Waals surface area contributed by atoms with Crippen LogP contribution < -0.4 is 0 Å². The summed E-state index contributed by atoms with van der Waals surface area (Å²) in [7, 11) is 0. The lowest BCUT2D eigenvalue weighted by Crippen LogP contribution is -2.17. The van der Waals surface area contributed by atoms with Gasteiger partial charge in [0, 0.05) is 11.1 Å². The highest BCUT2D eigenvalue weighted by Crippen LogP contribution is 2.41. The molecular weight excluding hydrogens is 332 g/mol. The lowest BCUT2D eigenvalue weighted by atomic mass is 9.77. The summed E-state index contributed by atoms with van der Waals surface area (Å²) < 4.78 is 0. The second kappa shape index (κ2) is 8.65. The Balaban J connectivity index is 0.00000114. The van der Waals surface area contributed by atoms with E-state index in [0.717, 1.165) is 27.8 Å². The van der Waals surface area contributed by atoms with Gasteiger partial charge >= 0.3 is 0 Å². The van der Waals surface area contributed by atoms with Crippen LogP contribution in [0.2, 0.25) is 0 Å². The van der Waals surface area contributed by atoms with Crippen LogP contribution in [0.1, 0.15) is 84.1 Å². The highest BCUT2D eigenvalue weighted by Gasteiger charge is 2.27. The van der Waals surface area contributed by atoms with Gasteiger partial charge < -0.3 is 10.2 Å². The van der Waals surface area contributed by atoms with Crippen molar-refractivity contribution in [1.29, 1.82) is 0 Å². The Morgan fingerprint density at radius 2 is 1.15 bits per heavy atom. The molecular formula is C25H36O2. The van der Waals surface area contributed by atoms with E-state index >= 15 is 0 Å². The van der Waals surface area contributed by atoms with E-state index in [1.807, 2.05) is 24.3 Å². The van der Waals surface area contributed by atoms with Crippen molar-refractivity contribution < 1.29 is 10.2 Å². The summed E-state index contributed by atoms with van der Waals surface area (Å²) >= 11 is 0. The molecule has 2 aromatic rings. The molecule has 0 heterocycles. The Labute approximate surface area is 165 Å². The predicted octanol–water partition coefficient (Wildman–Crippen LogP) is 7.17. The molecule has 0 spiro atoms. The molecule has 0 aliphatic carbocycles. The first-order chi connectivity index (χ1) is 12.3. The minimum Gasteiger partial charge on any atom is -0.508 e. The van der Waals surface area contributed by atoms with Crippen LogP contribution in [0.5, 0.6) is 11.5 Å². The summed E-state index contributed by atoms with van der Waals surface area (Å²) in [6.07, 6.45) is 1.25. The molecule has 148 valence electrons. The normalized spacial score (nSPS) is 11.6. The first-order valence-electron chi connectivity index (χ1n) is 9.69. The Morgan fingerprint density at radius 1 is 0.778 bits per heavy atom. The second-order valence-corrected chi connectivity index (χ2v) is 9.15. The molecule has 2 nitrogen and oxygen atoms in total. The van der Waals surface area contributed by atoms with Gasteiger partial charge in [0.1, 0.15) is 11.5 Å². The molecule has 2 N–H and O–H groups in total. The maximum absolute atomic E-state index is 10.8. The predicted molar refractivity (Wildman–Crippen MR) is 118 cm³/mol. The molecule has 0 aromatic heterocycles. The van der Waals surface area contributed by atoms with Crippen molar-refractivity contribution in [3.05, 3.63) is 65.2 Å². The average molecular weight is 369 g/mol. The zero-order valence-corrected chi connectivity index (χ0v) is 18.3. The van der Waals surface area contributed by atoms with E-state index in [9.17, 15) is 10.2 Å². The summed E-state index contributed by atoms with van der Waals surface area (Å²) in [6, 6.07) is 11.1. The highest BCUT2D eigenvalue weighted by atomic mass is 16.3. The number of hydrogen-bond acceptors (Lipinski definition) is 2. The van der Waals surface area contributed by atoms with Crippen LogP contribution in [0.15, 0.2) is 43.0 Å². The molecule has 2 heteroatoms. The smallest absolute Gasteiger partial charge is 0.123 e. The van der Waals surface area contributed by atoms with Crippen molar-refractivity contribution in [3.8, 4) is 11.5 Å². The minimum atomic E-state index is -0.171. The molecule has 0 amide bonds. The molecule has 0 aliphatic heterocycles. The van der Waals surface area contributed by atoms with E-state index in [2.05, 4.69) is 62.0 Å². The third-order valence-electron chi connectivity index (χ3n) is 4.29. The minimum absolute atomic E-state index is 0.171. The molecule has 0 atom stereocenters. The zero-order valence-electron chi connectivity index (χ0n) is 18.3. The van der Waals surface area contributed by atoms with E-state index in [1.54, 1.807) is 12.1 Å². The molecule has 0 aliphatic rings. The van der Waals surface area contributed by atoms with E-state index < -0.39 is 0 Å². The Kier molecular flexibility index (Phi) is 7.31. The fourth-order valence-corrected chi connectivity index (χ4v) is 2.78. The fourth-order valence-electron chi connectivity index (χ4n) is 2.78. The summed E-state index contributed by atoms with van der Waals surface area (Å²) in [5, 5.41) is 20.3. The second-order valence-electron chi connectivity index (χ2n) is 9.15. The Bertz CT molecular complexity index is 734. The van der Waals surface area contributed by atoms with Crippen molar-refractivity contribution in [1.82, 2.24) is 0 Å². The molecule has 0 radical (unpaired) electrons. The lowest BCUT2D eigenvalue weighted by Gasteiger charge is -2.28. The van der Waals surface area contributed by atoms with E-state index in [1.165, 1.54) is 6.42 Å². The van der Waals surface area contributed by atoms with Crippen LogP contribution in [0.3, 0.4) is 0 Å². The van der Waals surface area contributed by atoms with E-state index in [0.29, 0.717) is 5.75 Å². The van der Waals surface area contributed by atoms with Crippen LogP contribution in [0, 0.1) is 0 Å². The summed E-state index contributed by atoms with van der Waals surface area (Å²) in [4.78, 5) is 0. The summed E-state index contributed by atoms with van der Waals surface area (Å²) in [5.41, 5.74) is 4.33. The standard InChI is InChI=1S/C22H28O2.C3H8/c1-14(15-8-10-17(23)11-9-15)16-12-18(21(2,3)4)20(24)19(13-16)22(5,6)7;1-3-2/h8-13,23-24H,1H2,2-7H3;3H2,1-2H3. The van der Waals surface area contributed by atoms with Gasteiger partial charge in [0.15, 0.2) is 0 Å². The number of hydrogen-bond donors (Lipinski definition) is 2. The van der Waals surface area contributed by atoms with Gasteiger partial charge in [-0.2, -0.15) is 0 Å². The third-order valence-corrected chi connectivity index (χ3v) is 4.29. The van der Waals surface area contributed by atoms with Gasteiger partial charge in [0.25, 0.3) is 0 Å². The topological polar surface area (TPSA) is 40.5 Å².